The highest BCUT2D eigenvalue weighted by Gasteiger charge is 2.12. The first kappa shape index (κ1) is 15.1. The molecule has 106 valence electrons. The van der Waals surface area contributed by atoms with E-state index in [0.29, 0.717) is 11.5 Å². The monoisotopic (exact) mass is 344 g/mol. The SMILES string of the molecule is CN(C)C(=O)/C(C#N)=C/c1ccc(-c2ccc(Br)cc2)o1. The van der Waals surface area contributed by atoms with Crippen molar-refractivity contribution in [3.63, 3.8) is 0 Å². The minimum atomic E-state index is -0.348. The highest BCUT2D eigenvalue weighted by atomic mass is 79.9. The third-order valence-corrected chi connectivity index (χ3v) is 3.33. The van der Waals surface area contributed by atoms with E-state index in [9.17, 15) is 4.79 Å². The molecule has 0 aliphatic rings. The van der Waals surface area contributed by atoms with Crippen LogP contribution in [0.3, 0.4) is 0 Å². The first-order chi connectivity index (χ1) is 10.0. The van der Waals surface area contributed by atoms with Crippen LogP contribution in [-0.2, 0) is 4.79 Å². The van der Waals surface area contributed by atoms with Crippen LogP contribution in [0.15, 0.2) is 50.9 Å². The van der Waals surface area contributed by atoms with Crippen LogP contribution in [-0.4, -0.2) is 24.9 Å². The lowest BCUT2D eigenvalue weighted by atomic mass is 10.2. The number of furan rings is 1. The number of carbonyl (C=O) groups excluding carboxylic acids is 1. The Morgan fingerprint density at radius 1 is 1.24 bits per heavy atom. The lowest BCUT2D eigenvalue weighted by molar-refractivity contribution is -0.124. The van der Waals surface area contributed by atoms with Gasteiger partial charge in [-0.25, -0.2) is 0 Å². The predicted molar refractivity (Wildman–Crippen MR) is 84.1 cm³/mol. The predicted octanol–water partition coefficient (Wildman–Crippen LogP) is 3.70. The van der Waals surface area contributed by atoms with E-state index in [0.717, 1.165) is 10.0 Å². The molecule has 0 atom stereocenters. The van der Waals surface area contributed by atoms with Gasteiger partial charge in [0.2, 0.25) is 0 Å². The van der Waals surface area contributed by atoms with Gasteiger partial charge in [0.15, 0.2) is 0 Å². The summed E-state index contributed by atoms with van der Waals surface area (Å²) in [4.78, 5) is 13.1. The summed E-state index contributed by atoms with van der Waals surface area (Å²) in [5, 5.41) is 9.05. The Kier molecular flexibility index (Phi) is 4.61. The van der Waals surface area contributed by atoms with E-state index in [2.05, 4.69) is 15.9 Å². The first-order valence-electron chi connectivity index (χ1n) is 6.20. The Hall–Kier alpha value is -2.32. The quantitative estimate of drug-likeness (QED) is 0.630. The zero-order valence-corrected chi connectivity index (χ0v) is 13.2. The Balaban J connectivity index is 2.29. The molecule has 0 unspecified atom stereocenters. The number of nitriles is 1. The number of hydrogen-bond acceptors (Lipinski definition) is 3. The van der Waals surface area contributed by atoms with Crippen molar-refractivity contribution in [1.29, 1.82) is 5.26 Å². The van der Waals surface area contributed by atoms with E-state index >= 15 is 0 Å². The van der Waals surface area contributed by atoms with Crippen LogP contribution in [0.25, 0.3) is 17.4 Å². The number of halogens is 1. The molecule has 1 amide bonds. The van der Waals surface area contributed by atoms with Crippen molar-refractivity contribution in [2.45, 2.75) is 0 Å². The molecule has 0 saturated carbocycles. The third kappa shape index (κ3) is 3.61. The van der Waals surface area contributed by atoms with E-state index < -0.39 is 0 Å². The molecule has 5 heteroatoms. The number of nitrogens with zero attached hydrogens (tertiary/aromatic N) is 2. The molecule has 1 aromatic carbocycles. The maximum absolute atomic E-state index is 11.8. The smallest absolute Gasteiger partial charge is 0.264 e. The number of benzene rings is 1. The van der Waals surface area contributed by atoms with Crippen molar-refractivity contribution >= 4 is 27.9 Å². The molecule has 21 heavy (non-hydrogen) atoms. The van der Waals surface area contributed by atoms with Gasteiger partial charge in [-0.15, -0.1) is 0 Å². The van der Waals surface area contributed by atoms with Crippen molar-refractivity contribution in [2.24, 2.45) is 0 Å². The topological polar surface area (TPSA) is 57.2 Å². The molecule has 0 saturated heterocycles. The summed E-state index contributed by atoms with van der Waals surface area (Å²) >= 11 is 3.38. The number of rotatable bonds is 3. The molecule has 4 nitrogen and oxygen atoms in total. The second-order valence-corrected chi connectivity index (χ2v) is 5.49. The van der Waals surface area contributed by atoms with Crippen LogP contribution in [0, 0.1) is 11.3 Å². The normalized spacial score (nSPS) is 11.0. The van der Waals surface area contributed by atoms with Crippen LogP contribution in [0.2, 0.25) is 0 Å². The van der Waals surface area contributed by atoms with Gasteiger partial charge in [-0.3, -0.25) is 4.79 Å². The lowest BCUT2D eigenvalue weighted by Gasteiger charge is -2.07. The molecular formula is C16H13BrN2O2. The van der Waals surface area contributed by atoms with Gasteiger partial charge in [-0.05, 0) is 24.3 Å². The summed E-state index contributed by atoms with van der Waals surface area (Å²) < 4.78 is 6.65. The minimum absolute atomic E-state index is 0.0386. The Morgan fingerprint density at radius 3 is 2.48 bits per heavy atom. The number of carbonyl (C=O) groups is 1. The number of likely N-dealkylation sites (N-methyl/N-ethyl adjacent to an activating group) is 1. The Bertz CT molecular complexity index is 721. The maximum atomic E-state index is 11.8. The van der Waals surface area contributed by atoms with Crippen LogP contribution in [0.1, 0.15) is 5.76 Å². The number of hydrogen-bond donors (Lipinski definition) is 0. The van der Waals surface area contributed by atoms with Gasteiger partial charge >= 0.3 is 0 Å². The molecule has 0 aliphatic carbocycles. The molecule has 0 fully saturated rings. The molecule has 2 rings (SSSR count). The van der Waals surface area contributed by atoms with Gasteiger partial charge in [-0.1, -0.05) is 28.1 Å². The fraction of sp³-hybridized carbons (Fsp3) is 0.125. The van der Waals surface area contributed by atoms with Crippen molar-refractivity contribution in [3.8, 4) is 17.4 Å². The molecule has 0 radical (unpaired) electrons. The van der Waals surface area contributed by atoms with Gasteiger partial charge in [0, 0.05) is 30.2 Å². The standard InChI is InChI=1S/C16H13BrN2O2/c1-19(2)16(20)12(10-18)9-14-7-8-15(21-14)11-3-5-13(17)6-4-11/h3-9H,1-2H3/b12-9+. The van der Waals surface area contributed by atoms with Gasteiger partial charge in [-0.2, -0.15) is 5.26 Å². The molecule has 1 heterocycles. The largest absolute Gasteiger partial charge is 0.457 e. The van der Waals surface area contributed by atoms with Crippen molar-refractivity contribution < 1.29 is 9.21 Å². The molecule has 0 aliphatic heterocycles. The van der Waals surface area contributed by atoms with Crippen molar-refractivity contribution in [3.05, 3.63) is 52.2 Å². The summed E-state index contributed by atoms with van der Waals surface area (Å²) in [5.74, 6) is 0.808. The van der Waals surface area contributed by atoms with E-state index in [1.807, 2.05) is 36.4 Å². The average Bonchev–Trinajstić information content (AvgIpc) is 2.93. The summed E-state index contributed by atoms with van der Waals surface area (Å²) in [7, 11) is 3.20. The van der Waals surface area contributed by atoms with Crippen LogP contribution >= 0.6 is 15.9 Å². The van der Waals surface area contributed by atoms with E-state index in [-0.39, 0.29) is 11.5 Å². The van der Waals surface area contributed by atoms with Gasteiger partial charge in [0.1, 0.15) is 23.2 Å². The molecule has 0 bridgehead atoms. The van der Waals surface area contributed by atoms with Crippen LogP contribution < -0.4 is 0 Å². The summed E-state index contributed by atoms with van der Waals surface area (Å²) in [5.41, 5.74) is 0.965. The van der Waals surface area contributed by atoms with Crippen molar-refractivity contribution in [2.75, 3.05) is 14.1 Å². The van der Waals surface area contributed by atoms with Gasteiger partial charge in [0.25, 0.3) is 5.91 Å². The second-order valence-electron chi connectivity index (χ2n) is 4.58. The fourth-order valence-electron chi connectivity index (χ4n) is 1.72. The zero-order chi connectivity index (χ0) is 15.4. The molecule has 0 spiro atoms. The Labute approximate surface area is 131 Å². The van der Waals surface area contributed by atoms with Crippen molar-refractivity contribution in [1.82, 2.24) is 4.90 Å². The maximum Gasteiger partial charge on any atom is 0.264 e. The van der Waals surface area contributed by atoms with Crippen LogP contribution in [0.5, 0.6) is 0 Å². The van der Waals surface area contributed by atoms with E-state index in [4.69, 9.17) is 9.68 Å². The summed E-state index contributed by atoms with van der Waals surface area (Å²) in [6, 6.07) is 13.1. The van der Waals surface area contributed by atoms with Crippen LogP contribution in [0.4, 0.5) is 0 Å². The average molecular weight is 345 g/mol. The number of amides is 1. The Morgan fingerprint density at radius 2 is 1.90 bits per heavy atom. The minimum Gasteiger partial charge on any atom is -0.457 e. The lowest BCUT2D eigenvalue weighted by Crippen LogP contribution is -2.22. The third-order valence-electron chi connectivity index (χ3n) is 2.80. The molecule has 1 aromatic heterocycles. The highest BCUT2D eigenvalue weighted by Crippen LogP contribution is 2.25. The summed E-state index contributed by atoms with van der Waals surface area (Å²) in [6.07, 6.45) is 1.45. The summed E-state index contributed by atoms with van der Waals surface area (Å²) in [6.45, 7) is 0. The highest BCUT2D eigenvalue weighted by molar-refractivity contribution is 9.10. The van der Waals surface area contributed by atoms with Gasteiger partial charge < -0.3 is 9.32 Å². The second kappa shape index (κ2) is 6.42. The molecule has 0 N–H and O–H groups in total. The first-order valence-corrected chi connectivity index (χ1v) is 7.00. The van der Waals surface area contributed by atoms with Gasteiger partial charge in [0.05, 0.1) is 0 Å². The molecule has 2 aromatic rings. The zero-order valence-electron chi connectivity index (χ0n) is 11.6. The van der Waals surface area contributed by atoms with E-state index in [1.165, 1.54) is 11.0 Å². The van der Waals surface area contributed by atoms with E-state index in [1.54, 1.807) is 20.2 Å². The molecular weight excluding hydrogens is 332 g/mol. The fourth-order valence-corrected chi connectivity index (χ4v) is 1.99.